The molecule has 0 aliphatic heterocycles. The predicted octanol–water partition coefficient (Wildman–Crippen LogP) is 3.19. The second kappa shape index (κ2) is 6.70. The molecule has 0 bridgehead atoms. The van der Waals surface area contributed by atoms with Crippen LogP contribution in [0.25, 0.3) is 0 Å². The third kappa shape index (κ3) is 3.96. The van der Waals surface area contributed by atoms with Gasteiger partial charge >= 0.3 is 6.18 Å². The summed E-state index contributed by atoms with van der Waals surface area (Å²) in [5.74, 6) is 5.35. The van der Waals surface area contributed by atoms with Gasteiger partial charge in [-0.05, 0) is 12.5 Å². The Kier molecular flexibility index (Phi) is 5.55. The number of aromatic nitrogens is 1. The Balaban J connectivity index is 2.91. The molecule has 1 atom stereocenters. The van der Waals surface area contributed by atoms with Crippen LogP contribution in [0.2, 0.25) is 0 Å². The molecule has 102 valence electrons. The van der Waals surface area contributed by atoms with E-state index < -0.39 is 17.8 Å². The van der Waals surface area contributed by atoms with Gasteiger partial charge in [-0.2, -0.15) is 13.2 Å². The second-order valence-corrected chi connectivity index (χ2v) is 4.18. The molecule has 0 spiro atoms. The van der Waals surface area contributed by atoms with Crippen molar-refractivity contribution in [2.24, 2.45) is 5.84 Å². The van der Waals surface area contributed by atoms with Crippen LogP contribution in [0.5, 0.6) is 0 Å². The lowest BCUT2D eigenvalue weighted by molar-refractivity contribution is -0.138. The van der Waals surface area contributed by atoms with Gasteiger partial charge in [-0.15, -0.1) is 0 Å². The molecular formula is C12H18F3N3. The first kappa shape index (κ1) is 14.9. The van der Waals surface area contributed by atoms with Crippen LogP contribution in [-0.2, 0) is 6.18 Å². The summed E-state index contributed by atoms with van der Waals surface area (Å²) in [7, 11) is 0. The molecule has 1 aromatic rings. The van der Waals surface area contributed by atoms with Crippen molar-refractivity contribution in [3.05, 3.63) is 29.6 Å². The maximum atomic E-state index is 12.8. The average molecular weight is 261 g/mol. The number of hydrogen-bond donors (Lipinski definition) is 2. The lowest BCUT2D eigenvalue weighted by Gasteiger charge is -2.20. The Morgan fingerprint density at radius 1 is 1.39 bits per heavy atom. The second-order valence-electron chi connectivity index (χ2n) is 4.18. The minimum absolute atomic E-state index is 0.114. The molecule has 6 heteroatoms. The summed E-state index contributed by atoms with van der Waals surface area (Å²) < 4.78 is 38.5. The molecule has 0 saturated heterocycles. The third-order valence-electron chi connectivity index (χ3n) is 2.83. The van der Waals surface area contributed by atoms with Gasteiger partial charge in [0.2, 0.25) is 0 Å². The van der Waals surface area contributed by atoms with E-state index in [1.807, 2.05) is 6.92 Å². The zero-order chi connectivity index (χ0) is 13.6. The monoisotopic (exact) mass is 261 g/mol. The van der Waals surface area contributed by atoms with Gasteiger partial charge < -0.3 is 0 Å². The highest BCUT2D eigenvalue weighted by Crippen LogP contribution is 2.35. The van der Waals surface area contributed by atoms with Gasteiger partial charge in [0.05, 0.1) is 5.56 Å². The van der Waals surface area contributed by atoms with Crippen LogP contribution in [0.1, 0.15) is 49.8 Å². The number of rotatable bonds is 6. The molecule has 0 fully saturated rings. The highest BCUT2D eigenvalue weighted by atomic mass is 19.4. The highest BCUT2D eigenvalue weighted by molar-refractivity contribution is 5.29. The van der Waals surface area contributed by atoms with Gasteiger partial charge in [0.1, 0.15) is 0 Å². The SMILES string of the molecule is CCCCCC(NN)c1cnccc1C(F)(F)F. The maximum Gasteiger partial charge on any atom is 0.416 e. The van der Waals surface area contributed by atoms with Crippen LogP contribution in [0, 0.1) is 0 Å². The van der Waals surface area contributed by atoms with Crippen molar-refractivity contribution in [3.8, 4) is 0 Å². The fraction of sp³-hybridized carbons (Fsp3) is 0.583. The lowest BCUT2D eigenvalue weighted by Crippen LogP contribution is -2.30. The standard InChI is InChI=1S/C12H18F3N3/c1-2-3-4-5-11(18-16)9-8-17-7-6-10(9)12(13,14)15/h6-8,11,18H,2-5,16H2,1H3. The number of alkyl halides is 3. The first-order valence-corrected chi connectivity index (χ1v) is 5.98. The van der Waals surface area contributed by atoms with Gasteiger partial charge in [0, 0.05) is 24.0 Å². The molecule has 1 rings (SSSR count). The summed E-state index contributed by atoms with van der Waals surface area (Å²) in [4.78, 5) is 3.76. The van der Waals surface area contributed by atoms with Crippen LogP contribution in [0.4, 0.5) is 13.2 Å². The van der Waals surface area contributed by atoms with Crippen molar-refractivity contribution in [2.45, 2.75) is 44.8 Å². The van der Waals surface area contributed by atoms with Crippen molar-refractivity contribution < 1.29 is 13.2 Å². The highest BCUT2D eigenvalue weighted by Gasteiger charge is 2.34. The normalized spacial score (nSPS) is 13.6. The Morgan fingerprint density at radius 3 is 2.67 bits per heavy atom. The molecule has 18 heavy (non-hydrogen) atoms. The van der Waals surface area contributed by atoms with Crippen molar-refractivity contribution >= 4 is 0 Å². The van der Waals surface area contributed by atoms with Crippen LogP contribution >= 0.6 is 0 Å². The van der Waals surface area contributed by atoms with Crippen molar-refractivity contribution in [3.63, 3.8) is 0 Å². The van der Waals surface area contributed by atoms with E-state index in [0.29, 0.717) is 6.42 Å². The zero-order valence-electron chi connectivity index (χ0n) is 10.3. The van der Waals surface area contributed by atoms with Crippen molar-refractivity contribution in [2.75, 3.05) is 0 Å². The summed E-state index contributed by atoms with van der Waals surface area (Å²) in [6, 6.07) is 0.473. The van der Waals surface area contributed by atoms with Crippen LogP contribution in [-0.4, -0.2) is 4.98 Å². The predicted molar refractivity (Wildman–Crippen MR) is 63.4 cm³/mol. The van der Waals surface area contributed by atoms with E-state index in [0.717, 1.165) is 31.5 Å². The van der Waals surface area contributed by atoms with Gasteiger partial charge in [-0.3, -0.25) is 16.3 Å². The fourth-order valence-electron chi connectivity index (χ4n) is 1.87. The van der Waals surface area contributed by atoms with Gasteiger partial charge in [0.25, 0.3) is 0 Å². The number of nitrogens with zero attached hydrogens (tertiary/aromatic N) is 1. The molecule has 0 aromatic carbocycles. The first-order chi connectivity index (χ1) is 8.50. The number of nitrogens with two attached hydrogens (primary N) is 1. The Bertz CT molecular complexity index is 366. The molecule has 0 aliphatic rings. The van der Waals surface area contributed by atoms with E-state index in [4.69, 9.17) is 5.84 Å². The number of hydrogen-bond acceptors (Lipinski definition) is 3. The number of unbranched alkanes of at least 4 members (excludes halogenated alkanes) is 2. The lowest BCUT2D eigenvalue weighted by atomic mass is 9.98. The molecule has 0 radical (unpaired) electrons. The molecule has 3 N–H and O–H groups in total. The zero-order valence-corrected chi connectivity index (χ0v) is 10.3. The summed E-state index contributed by atoms with van der Waals surface area (Å²) in [5, 5.41) is 0. The summed E-state index contributed by atoms with van der Waals surface area (Å²) in [6.45, 7) is 2.04. The van der Waals surface area contributed by atoms with Crippen LogP contribution in [0.15, 0.2) is 18.5 Å². The van der Waals surface area contributed by atoms with Gasteiger partial charge in [-0.1, -0.05) is 26.2 Å². The number of hydrazine groups is 1. The van der Waals surface area contributed by atoms with Crippen molar-refractivity contribution in [1.82, 2.24) is 10.4 Å². The van der Waals surface area contributed by atoms with Crippen LogP contribution in [0.3, 0.4) is 0 Å². The third-order valence-corrected chi connectivity index (χ3v) is 2.83. The van der Waals surface area contributed by atoms with E-state index in [-0.39, 0.29) is 5.56 Å². The van der Waals surface area contributed by atoms with Crippen molar-refractivity contribution in [1.29, 1.82) is 0 Å². The molecule has 0 aliphatic carbocycles. The van der Waals surface area contributed by atoms with Crippen LogP contribution < -0.4 is 11.3 Å². The number of nitrogens with one attached hydrogen (secondary N) is 1. The average Bonchev–Trinajstić information content (AvgIpc) is 2.34. The van der Waals surface area contributed by atoms with E-state index in [9.17, 15) is 13.2 Å². The van der Waals surface area contributed by atoms with E-state index in [1.54, 1.807) is 0 Å². The smallest absolute Gasteiger partial charge is 0.271 e. The van der Waals surface area contributed by atoms with E-state index in [2.05, 4.69) is 10.4 Å². The molecule has 1 heterocycles. The Morgan fingerprint density at radius 2 is 2.11 bits per heavy atom. The summed E-state index contributed by atoms with van der Waals surface area (Å²) in [6.07, 6.45) is 1.39. The topological polar surface area (TPSA) is 50.9 Å². The summed E-state index contributed by atoms with van der Waals surface area (Å²) >= 11 is 0. The number of halogens is 3. The molecule has 0 saturated carbocycles. The molecule has 0 amide bonds. The first-order valence-electron chi connectivity index (χ1n) is 5.98. The minimum atomic E-state index is -4.38. The fourth-order valence-corrected chi connectivity index (χ4v) is 1.87. The minimum Gasteiger partial charge on any atom is -0.271 e. The molecule has 3 nitrogen and oxygen atoms in total. The molecule has 1 aromatic heterocycles. The number of pyridine rings is 1. The maximum absolute atomic E-state index is 12.8. The Hall–Kier alpha value is -1.14. The quantitative estimate of drug-likeness (QED) is 0.470. The van der Waals surface area contributed by atoms with Gasteiger partial charge in [0.15, 0.2) is 0 Å². The molecule has 1 unspecified atom stereocenters. The van der Waals surface area contributed by atoms with E-state index >= 15 is 0 Å². The summed E-state index contributed by atoms with van der Waals surface area (Å²) in [5.41, 5.74) is 1.89. The largest absolute Gasteiger partial charge is 0.416 e. The molecular weight excluding hydrogens is 243 g/mol. The van der Waals surface area contributed by atoms with Gasteiger partial charge in [-0.25, -0.2) is 0 Å². The van der Waals surface area contributed by atoms with E-state index in [1.165, 1.54) is 6.20 Å². The Labute approximate surface area is 105 Å².